The largest absolute Gasteiger partial charge is 0.495 e. The molecule has 24 heavy (non-hydrogen) atoms. The Morgan fingerprint density at radius 2 is 1.88 bits per heavy atom. The number of amides is 1. The number of sulfonamides is 1. The van der Waals surface area contributed by atoms with E-state index in [9.17, 15) is 13.2 Å². The van der Waals surface area contributed by atoms with E-state index in [1.165, 1.54) is 23.5 Å². The average Bonchev–Trinajstić information content (AvgIpc) is 2.53. The maximum Gasteiger partial charge on any atom is 0.243 e. The molecule has 1 rings (SSSR count). The Hall–Kier alpha value is -1.60. The molecule has 136 valence electrons. The molecule has 0 saturated carbocycles. The van der Waals surface area contributed by atoms with Crippen LogP contribution in [0.1, 0.15) is 40.5 Å². The van der Waals surface area contributed by atoms with E-state index in [2.05, 4.69) is 5.32 Å². The van der Waals surface area contributed by atoms with Crippen molar-refractivity contribution in [1.82, 2.24) is 4.31 Å². The Morgan fingerprint density at radius 3 is 2.38 bits per heavy atom. The lowest BCUT2D eigenvalue weighted by molar-refractivity contribution is -0.116. The van der Waals surface area contributed by atoms with Gasteiger partial charge in [0, 0.05) is 19.5 Å². The van der Waals surface area contributed by atoms with Crippen LogP contribution in [0.5, 0.6) is 5.75 Å². The molecule has 0 bridgehead atoms. The van der Waals surface area contributed by atoms with Crippen molar-refractivity contribution in [2.24, 2.45) is 5.92 Å². The van der Waals surface area contributed by atoms with E-state index in [4.69, 9.17) is 4.74 Å². The minimum Gasteiger partial charge on any atom is -0.495 e. The first kappa shape index (κ1) is 20.4. The third-order valence-electron chi connectivity index (χ3n) is 3.74. The van der Waals surface area contributed by atoms with Crippen LogP contribution in [0.25, 0.3) is 0 Å². The lowest BCUT2D eigenvalue weighted by Gasteiger charge is -2.19. The molecule has 1 amide bonds. The molecule has 0 radical (unpaired) electrons. The first-order chi connectivity index (χ1) is 11.3. The smallest absolute Gasteiger partial charge is 0.243 e. The molecule has 0 aliphatic carbocycles. The predicted octanol–water partition coefficient (Wildman–Crippen LogP) is 3.10. The Balaban J connectivity index is 3.10. The molecule has 0 aliphatic rings. The van der Waals surface area contributed by atoms with Gasteiger partial charge >= 0.3 is 0 Å². The molecular formula is C17H28N2O4S. The zero-order valence-corrected chi connectivity index (χ0v) is 15.9. The van der Waals surface area contributed by atoms with Crippen LogP contribution in [0, 0.1) is 5.92 Å². The van der Waals surface area contributed by atoms with Gasteiger partial charge in [-0.05, 0) is 30.5 Å². The summed E-state index contributed by atoms with van der Waals surface area (Å²) >= 11 is 0. The van der Waals surface area contributed by atoms with E-state index < -0.39 is 10.0 Å². The Labute approximate surface area is 145 Å². The third-order valence-corrected chi connectivity index (χ3v) is 5.78. The van der Waals surface area contributed by atoms with Gasteiger partial charge < -0.3 is 10.1 Å². The summed E-state index contributed by atoms with van der Waals surface area (Å²) < 4.78 is 31.8. The molecule has 0 heterocycles. The van der Waals surface area contributed by atoms with Crippen LogP contribution in [-0.2, 0) is 14.8 Å². The normalized spacial score (nSPS) is 11.8. The second-order valence-electron chi connectivity index (χ2n) is 5.93. The molecule has 0 fully saturated rings. The minimum absolute atomic E-state index is 0.145. The summed E-state index contributed by atoms with van der Waals surface area (Å²) in [5, 5.41) is 2.76. The summed E-state index contributed by atoms with van der Waals surface area (Å²) in [4.78, 5) is 12.2. The topological polar surface area (TPSA) is 75.7 Å². The summed E-state index contributed by atoms with van der Waals surface area (Å²) in [6.45, 7) is 8.45. The SMILES string of the molecule is CCN(CC)S(=O)(=O)c1ccc(OC)c(NC(=O)CCC(C)C)c1. The van der Waals surface area contributed by atoms with Gasteiger partial charge in [-0.3, -0.25) is 4.79 Å². The molecule has 6 nitrogen and oxygen atoms in total. The molecule has 7 heteroatoms. The lowest BCUT2D eigenvalue weighted by atomic mass is 10.1. The van der Waals surface area contributed by atoms with E-state index in [0.29, 0.717) is 36.9 Å². The molecular weight excluding hydrogens is 328 g/mol. The predicted molar refractivity (Wildman–Crippen MR) is 95.8 cm³/mol. The van der Waals surface area contributed by atoms with Gasteiger partial charge in [0.1, 0.15) is 5.75 Å². The molecule has 0 saturated heterocycles. The Kier molecular flexibility index (Phi) is 7.69. The van der Waals surface area contributed by atoms with Crippen LogP contribution in [0.3, 0.4) is 0 Å². The molecule has 1 aromatic carbocycles. The first-order valence-electron chi connectivity index (χ1n) is 8.24. The zero-order valence-electron chi connectivity index (χ0n) is 15.1. The molecule has 0 atom stereocenters. The van der Waals surface area contributed by atoms with Crippen molar-refractivity contribution in [1.29, 1.82) is 0 Å². The lowest BCUT2D eigenvalue weighted by Crippen LogP contribution is -2.30. The van der Waals surface area contributed by atoms with Gasteiger partial charge in [-0.25, -0.2) is 8.42 Å². The van der Waals surface area contributed by atoms with Gasteiger partial charge in [-0.15, -0.1) is 0 Å². The number of hydrogen-bond acceptors (Lipinski definition) is 4. The van der Waals surface area contributed by atoms with Crippen molar-refractivity contribution in [2.45, 2.75) is 45.4 Å². The average molecular weight is 356 g/mol. The minimum atomic E-state index is -3.58. The molecule has 0 aliphatic heterocycles. The van der Waals surface area contributed by atoms with E-state index in [-0.39, 0.29) is 10.8 Å². The van der Waals surface area contributed by atoms with Gasteiger partial charge in [0.15, 0.2) is 0 Å². The van der Waals surface area contributed by atoms with Crippen molar-refractivity contribution in [3.05, 3.63) is 18.2 Å². The number of ether oxygens (including phenoxy) is 1. The van der Waals surface area contributed by atoms with Crippen LogP contribution < -0.4 is 10.1 Å². The van der Waals surface area contributed by atoms with Crippen LogP contribution in [-0.4, -0.2) is 38.8 Å². The highest BCUT2D eigenvalue weighted by Crippen LogP contribution is 2.29. The number of nitrogens with zero attached hydrogens (tertiary/aromatic N) is 1. The summed E-state index contributed by atoms with van der Waals surface area (Å²) in [7, 11) is -2.10. The maximum absolute atomic E-state index is 12.6. The molecule has 0 aromatic heterocycles. The number of anilines is 1. The van der Waals surface area contributed by atoms with E-state index >= 15 is 0 Å². The quantitative estimate of drug-likeness (QED) is 0.738. The fourth-order valence-corrected chi connectivity index (χ4v) is 3.78. The van der Waals surface area contributed by atoms with Gasteiger partial charge in [0.05, 0.1) is 17.7 Å². The highest BCUT2D eigenvalue weighted by Gasteiger charge is 2.23. The highest BCUT2D eigenvalue weighted by atomic mass is 32.2. The van der Waals surface area contributed by atoms with Gasteiger partial charge in [-0.2, -0.15) is 4.31 Å². The maximum atomic E-state index is 12.6. The van der Waals surface area contributed by atoms with E-state index in [0.717, 1.165) is 6.42 Å². The molecule has 1 N–H and O–H groups in total. The van der Waals surface area contributed by atoms with Crippen molar-refractivity contribution in [3.8, 4) is 5.75 Å². The number of hydrogen-bond donors (Lipinski definition) is 1. The Bertz CT molecular complexity index is 653. The molecule has 0 spiro atoms. The summed E-state index contributed by atoms with van der Waals surface area (Å²) in [5.41, 5.74) is 0.375. The standard InChI is InChI=1S/C17H28N2O4S/c1-6-19(7-2)24(21,22)14-9-10-16(23-5)15(12-14)18-17(20)11-8-13(3)4/h9-10,12-13H,6-8,11H2,1-5H3,(H,18,20). The highest BCUT2D eigenvalue weighted by molar-refractivity contribution is 7.89. The summed E-state index contributed by atoms with van der Waals surface area (Å²) in [5.74, 6) is 0.706. The number of carbonyl (C=O) groups excluding carboxylic acids is 1. The van der Waals surface area contributed by atoms with Crippen molar-refractivity contribution in [3.63, 3.8) is 0 Å². The number of nitrogens with one attached hydrogen (secondary N) is 1. The monoisotopic (exact) mass is 356 g/mol. The fourth-order valence-electron chi connectivity index (χ4n) is 2.29. The summed E-state index contributed by atoms with van der Waals surface area (Å²) in [6, 6.07) is 4.52. The van der Waals surface area contributed by atoms with Crippen molar-refractivity contribution >= 4 is 21.6 Å². The third kappa shape index (κ3) is 5.21. The number of benzene rings is 1. The van der Waals surface area contributed by atoms with Crippen LogP contribution in [0.4, 0.5) is 5.69 Å². The van der Waals surface area contributed by atoms with Crippen LogP contribution in [0.2, 0.25) is 0 Å². The Morgan fingerprint density at radius 1 is 1.25 bits per heavy atom. The van der Waals surface area contributed by atoms with Gasteiger partial charge in [0.2, 0.25) is 15.9 Å². The second-order valence-corrected chi connectivity index (χ2v) is 7.87. The fraction of sp³-hybridized carbons (Fsp3) is 0.588. The zero-order chi connectivity index (χ0) is 18.3. The second kappa shape index (κ2) is 9.03. The number of carbonyl (C=O) groups is 1. The van der Waals surface area contributed by atoms with Gasteiger partial charge in [-0.1, -0.05) is 27.7 Å². The van der Waals surface area contributed by atoms with Crippen LogP contribution >= 0.6 is 0 Å². The molecule has 0 unspecified atom stereocenters. The van der Waals surface area contributed by atoms with Gasteiger partial charge in [0.25, 0.3) is 0 Å². The van der Waals surface area contributed by atoms with E-state index in [1.807, 2.05) is 13.8 Å². The van der Waals surface area contributed by atoms with Crippen molar-refractivity contribution in [2.75, 3.05) is 25.5 Å². The number of rotatable bonds is 9. The molecule has 1 aromatic rings. The number of methoxy groups -OCH3 is 1. The van der Waals surface area contributed by atoms with Crippen molar-refractivity contribution < 1.29 is 17.9 Å². The first-order valence-corrected chi connectivity index (χ1v) is 9.68. The van der Waals surface area contributed by atoms with Crippen LogP contribution in [0.15, 0.2) is 23.1 Å². The summed E-state index contributed by atoms with van der Waals surface area (Å²) in [6.07, 6.45) is 1.15. The van der Waals surface area contributed by atoms with E-state index in [1.54, 1.807) is 19.9 Å².